The number of likely N-dealkylation sites (tertiary alicyclic amines) is 1. The highest BCUT2D eigenvalue weighted by molar-refractivity contribution is 5.96. The van der Waals surface area contributed by atoms with Gasteiger partial charge in [0, 0.05) is 55.1 Å². The van der Waals surface area contributed by atoms with Gasteiger partial charge < -0.3 is 25.8 Å². The van der Waals surface area contributed by atoms with Gasteiger partial charge in [-0.3, -0.25) is 14.0 Å². The molecule has 2 aliphatic rings. The maximum atomic E-state index is 15.2. The summed E-state index contributed by atoms with van der Waals surface area (Å²) < 4.78 is 37.1. The Morgan fingerprint density at radius 1 is 1.23 bits per heavy atom. The first-order chi connectivity index (χ1) is 21.2. The fraction of sp³-hybridized carbons (Fsp3) is 0.323. The number of piperidine rings is 1. The quantitative estimate of drug-likeness (QED) is 0.255. The molecule has 13 heteroatoms. The molecule has 228 valence electrons. The highest BCUT2D eigenvalue weighted by Gasteiger charge is 2.47. The molecule has 11 nitrogen and oxygen atoms in total. The molecule has 3 heterocycles. The lowest BCUT2D eigenvalue weighted by Crippen LogP contribution is -2.40. The van der Waals surface area contributed by atoms with Crippen LogP contribution in [-0.2, 0) is 4.79 Å². The molecule has 2 fully saturated rings. The van der Waals surface area contributed by atoms with Crippen molar-refractivity contribution in [1.82, 2.24) is 19.3 Å². The molecule has 2 aromatic carbocycles. The van der Waals surface area contributed by atoms with Gasteiger partial charge in [-0.2, -0.15) is 9.65 Å². The van der Waals surface area contributed by atoms with Crippen LogP contribution in [-0.4, -0.2) is 62.0 Å². The Kier molecular flexibility index (Phi) is 8.73. The minimum atomic E-state index is -1.15. The number of aromatic nitrogens is 3. The van der Waals surface area contributed by atoms with Gasteiger partial charge in [0.15, 0.2) is 28.6 Å². The summed E-state index contributed by atoms with van der Waals surface area (Å²) >= 11 is 0. The van der Waals surface area contributed by atoms with E-state index in [0.717, 1.165) is 18.4 Å². The number of benzene rings is 2. The number of nitrogens with two attached hydrogens (primary N) is 1. The summed E-state index contributed by atoms with van der Waals surface area (Å²) in [5.41, 5.74) is 7.60. The second-order valence-electron chi connectivity index (χ2n) is 10.8. The van der Waals surface area contributed by atoms with E-state index in [4.69, 9.17) is 20.4 Å². The van der Waals surface area contributed by atoms with E-state index in [-0.39, 0.29) is 23.7 Å². The number of rotatable bonds is 7. The largest absolute Gasteiger partial charge is 0.483 e. The molecule has 0 bridgehead atoms. The van der Waals surface area contributed by atoms with Gasteiger partial charge in [-0.1, -0.05) is 0 Å². The molecule has 1 saturated heterocycles. The van der Waals surface area contributed by atoms with Crippen LogP contribution in [0.25, 0.3) is 16.9 Å². The number of carboxylic acid groups (broad SMARTS) is 1. The molecule has 0 radical (unpaired) electrons. The molecule has 1 saturated carbocycles. The van der Waals surface area contributed by atoms with Gasteiger partial charge in [0.25, 0.3) is 12.4 Å². The van der Waals surface area contributed by atoms with Crippen LogP contribution in [0.2, 0.25) is 0 Å². The fourth-order valence-electron chi connectivity index (χ4n) is 5.24. The predicted octanol–water partition coefficient (Wildman–Crippen LogP) is 4.67. The van der Waals surface area contributed by atoms with Gasteiger partial charge in [-0.25, -0.2) is 14.4 Å². The van der Waals surface area contributed by atoms with Crippen molar-refractivity contribution in [1.29, 1.82) is 5.26 Å². The molecular formula is C31H31F2N7O4. The Labute approximate surface area is 251 Å². The highest BCUT2D eigenvalue weighted by Crippen LogP contribution is 2.41. The normalized spacial score (nSPS) is 15.6. The number of nitriles is 1. The number of fused-ring (bicyclic) bond motifs is 1. The van der Waals surface area contributed by atoms with Crippen LogP contribution >= 0.6 is 0 Å². The van der Waals surface area contributed by atoms with Crippen LogP contribution in [0, 0.1) is 35.8 Å². The Morgan fingerprint density at radius 3 is 2.59 bits per heavy atom. The third-order valence-electron chi connectivity index (χ3n) is 7.92. The number of ether oxygens (including phenoxy) is 1. The maximum absolute atomic E-state index is 15.2. The number of aryl methyl sites for hydroxylation is 1. The number of halogens is 2. The lowest BCUT2D eigenvalue weighted by atomic mass is 9.96. The number of nitrogens with zero attached hydrogens (tertiary/aromatic N) is 5. The van der Waals surface area contributed by atoms with E-state index >= 15 is 4.39 Å². The fourth-order valence-corrected chi connectivity index (χ4v) is 5.24. The lowest BCUT2D eigenvalue weighted by molar-refractivity contribution is -0.122. The topological polar surface area (TPSA) is 159 Å². The van der Waals surface area contributed by atoms with Crippen molar-refractivity contribution in [2.75, 3.05) is 25.0 Å². The summed E-state index contributed by atoms with van der Waals surface area (Å²) in [5.74, 6) is -1.65. The van der Waals surface area contributed by atoms with Gasteiger partial charge in [0.2, 0.25) is 5.82 Å². The van der Waals surface area contributed by atoms with Crippen LogP contribution in [0.4, 0.5) is 20.3 Å². The Hall–Kier alpha value is -5.09. The highest BCUT2D eigenvalue weighted by atomic mass is 19.2. The molecule has 6 rings (SSSR count). The second-order valence-corrected chi connectivity index (χ2v) is 10.8. The summed E-state index contributed by atoms with van der Waals surface area (Å²) in [6.45, 7) is 3.70. The van der Waals surface area contributed by atoms with Crippen molar-refractivity contribution in [2.24, 2.45) is 11.7 Å². The summed E-state index contributed by atoms with van der Waals surface area (Å²) in [5, 5.41) is 19.3. The molecule has 1 aliphatic carbocycles. The molecule has 0 unspecified atom stereocenters. The number of anilines is 2. The van der Waals surface area contributed by atoms with Gasteiger partial charge in [-0.15, -0.1) is 0 Å². The van der Waals surface area contributed by atoms with E-state index in [9.17, 15) is 14.4 Å². The Morgan fingerprint density at radius 2 is 1.95 bits per heavy atom. The predicted molar refractivity (Wildman–Crippen MR) is 157 cm³/mol. The van der Waals surface area contributed by atoms with Crippen molar-refractivity contribution in [2.45, 2.75) is 38.2 Å². The summed E-state index contributed by atoms with van der Waals surface area (Å²) in [6.07, 6.45) is 7.38. The monoisotopic (exact) mass is 603 g/mol. The van der Waals surface area contributed by atoms with Gasteiger partial charge in [0.05, 0.1) is 11.9 Å². The molecule has 1 amide bonds. The molecule has 2 aromatic heterocycles. The zero-order valence-electron chi connectivity index (χ0n) is 24.0. The number of amides is 1. The van der Waals surface area contributed by atoms with E-state index < -0.39 is 17.2 Å². The first-order valence-corrected chi connectivity index (χ1v) is 14.1. The number of imidazole rings is 1. The number of nitrogens with one attached hydrogen (secondary N) is 1. The summed E-state index contributed by atoms with van der Waals surface area (Å²) in [7, 11) is 0. The van der Waals surface area contributed by atoms with Crippen molar-refractivity contribution in [3.63, 3.8) is 0 Å². The molecule has 1 aliphatic heterocycles. The van der Waals surface area contributed by atoms with Crippen LogP contribution in [0.3, 0.4) is 0 Å². The number of hydrogen-bond acceptors (Lipinski definition) is 8. The maximum Gasteiger partial charge on any atom is 0.290 e. The van der Waals surface area contributed by atoms with E-state index in [1.165, 1.54) is 24.5 Å². The van der Waals surface area contributed by atoms with Crippen molar-refractivity contribution < 1.29 is 28.2 Å². The van der Waals surface area contributed by atoms with E-state index in [1.807, 2.05) is 30.0 Å². The van der Waals surface area contributed by atoms with Gasteiger partial charge in [-0.05, 0) is 68.1 Å². The minimum Gasteiger partial charge on any atom is -0.483 e. The third-order valence-corrected chi connectivity index (χ3v) is 7.92. The molecular weight excluding hydrogens is 572 g/mol. The molecule has 44 heavy (non-hydrogen) atoms. The van der Waals surface area contributed by atoms with Gasteiger partial charge >= 0.3 is 0 Å². The van der Waals surface area contributed by atoms with E-state index in [0.29, 0.717) is 66.8 Å². The zero-order valence-corrected chi connectivity index (χ0v) is 24.0. The Balaban J connectivity index is 0.00000123. The first-order valence-electron chi connectivity index (χ1n) is 14.1. The Bertz CT molecular complexity index is 1740. The van der Waals surface area contributed by atoms with E-state index in [2.05, 4.69) is 15.3 Å². The SMILES string of the molecule is Cc1cc(Nc2nccn3c(-c4ccc(OC5(C#N)CC5)c(F)c4F)cnc23)ccc1C(=O)N1CCC(CN)CC1.O=CO. The molecule has 0 spiro atoms. The number of carbonyl (C=O) groups excluding carboxylic acids is 1. The van der Waals surface area contributed by atoms with Crippen molar-refractivity contribution in [3.05, 3.63) is 71.7 Å². The van der Waals surface area contributed by atoms with Crippen molar-refractivity contribution >= 4 is 29.5 Å². The minimum absolute atomic E-state index is 0.00416. The zero-order chi connectivity index (χ0) is 31.4. The van der Waals surface area contributed by atoms with Crippen LogP contribution in [0.5, 0.6) is 5.75 Å². The van der Waals surface area contributed by atoms with Crippen molar-refractivity contribution in [3.8, 4) is 23.1 Å². The summed E-state index contributed by atoms with van der Waals surface area (Å²) in [4.78, 5) is 32.2. The number of carbonyl (C=O) groups is 2. The number of hydrogen-bond donors (Lipinski definition) is 3. The molecule has 4 N–H and O–H groups in total. The average Bonchev–Trinajstić information content (AvgIpc) is 3.68. The summed E-state index contributed by atoms with van der Waals surface area (Å²) in [6, 6.07) is 10.2. The van der Waals surface area contributed by atoms with Gasteiger partial charge in [0.1, 0.15) is 6.07 Å². The lowest BCUT2D eigenvalue weighted by Gasteiger charge is -2.31. The standard InChI is InChI=1S/C30H29F2N7O2.CH2O2/c1-18-14-20(2-3-21(18)29(40)38-11-6-19(15-33)7-12-38)37-27-28-36-16-23(39(28)13-10-35-27)22-4-5-24(26(32)25(22)31)41-30(17-34)8-9-30;2-1-3/h2-5,10,13-14,16,19H,6-9,11-12,15,33H2,1H3,(H,35,37);1H,(H,2,3). The smallest absolute Gasteiger partial charge is 0.290 e. The van der Waals surface area contributed by atoms with E-state index in [1.54, 1.807) is 16.7 Å². The van der Waals surface area contributed by atoms with Crippen LogP contribution in [0.1, 0.15) is 41.6 Å². The molecule has 4 aromatic rings. The van der Waals surface area contributed by atoms with Crippen LogP contribution in [0.15, 0.2) is 48.9 Å². The third kappa shape index (κ3) is 6.02. The molecule has 0 atom stereocenters. The average molecular weight is 604 g/mol. The second kappa shape index (κ2) is 12.6. The first kappa shape index (κ1) is 30.4. The van der Waals surface area contributed by atoms with Crippen LogP contribution < -0.4 is 15.8 Å².